The van der Waals surface area contributed by atoms with Crippen LogP contribution in [0.1, 0.15) is 29.0 Å². The summed E-state index contributed by atoms with van der Waals surface area (Å²) < 4.78 is 7.43. The van der Waals surface area contributed by atoms with Crippen LogP contribution < -0.4 is 5.32 Å². The van der Waals surface area contributed by atoms with Gasteiger partial charge in [-0.25, -0.2) is 0 Å². The van der Waals surface area contributed by atoms with E-state index in [0.717, 1.165) is 57.9 Å². The first-order valence-corrected chi connectivity index (χ1v) is 8.45. The van der Waals surface area contributed by atoms with Gasteiger partial charge in [-0.05, 0) is 33.0 Å². The van der Waals surface area contributed by atoms with Crippen LogP contribution >= 0.6 is 0 Å². The van der Waals surface area contributed by atoms with Crippen molar-refractivity contribution in [1.82, 2.24) is 24.9 Å². The topological polar surface area (TPSA) is 62.6 Å². The van der Waals surface area contributed by atoms with E-state index >= 15 is 0 Å². The molecule has 0 aliphatic carbocycles. The van der Waals surface area contributed by atoms with E-state index in [4.69, 9.17) is 4.74 Å². The summed E-state index contributed by atoms with van der Waals surface area (Å²) in [7, 11) is 3.98. The molecule has 7 nitrogen and oxygen atoms in total. The Morgan fingerprint density at radius 2 is 2.17 bits per heavy atom. The molecule has 0 radical (unpaired) electrons. The first-order chi connectivity index (χ1) is 11.1. The van der Waals surface area contributed by atoms with E-state index in [0.29, 0.717) is 18.3 Å². The summed E-state index contributed by atoms with van der Waals surface area (Å²) in [6.07, 6.45) is 2.21. The van der Waals surface area contributed by atoms with Gasteiger partial charge in [0.1, 0.15) is 5.69 Å². The molecule has 0 saturated carbocycles. The molecular formula is C16H27N5O2. The molecule has 1 N–H and O–H groups in total. The first-order valence-electron chi connectivity index (χ1n) is 8.45. The minimum atomic E-state index is -0.0774. The molecule has 0 spiro atoms. The molecule has 2 aliphatic rings. The van der Waals surface area contributed by atoms with Gasteiger partial charge >= 0.3 is 0 Å². The molecular weight excluding hydrogens is 294 g/mol. The number of fused-ring (bicyclic) bond motifs is 1. The van der Waals surface area contributed by atoms with E-state index in [-0.39, 0.29) is 5.91 Å². The van der Waals surface area contributed by atoms with Crippen molar-refractivity contribution in [3.8, 4) is 0 Å². The maximum atomic E-state index is 12.2. The second-order valence-corrected chi connectivity index (χ2v) is 6.62. The fourth-order valence-corrected chi connectivity index (χ4v) is 3.24. The van der Waals surface area contributed by atoms with Crippen molar-refractivity contribution < 1.29 is 9.53 Å². The lowest BCUT2D eigenvalue weighted by molar-refractivity contribution is 0.0233. The average Bonchev–Trinajstić information content (AvgIpc) is 2.98. The molecule has 0 atom stereocenters. The molecule has 1 fully saturated rings. The number of nitrogens with one attached hydrogen (secondary N) is 1. The Bertz CT molecular complexity index is 537. The number of likely N-dealkylation sites (N-methyl/N-ethyl adjacent to an activating group) is 1. The maximum Gasteiger partial charge on any atom is 0.271 e. The van der Waals surface area contributed by atoms with Gasteiger partial charge in [0, 0.05) is 45.4 Å². The standard InChI is InChI=1S/C16H27N5O2/c1-19(2)6-5-17-16(22)15-11-14-12-20(7-8-21(14)18-15)13-3-9-23-10-4-13/h11,13H,3-10,12H2,1-2H3,(H,17,22). The molecule has 1 saturated heterocycles. The first kappa shape index (κ1) is 16.4. The number of rotatable bonds is 5. The molecule has 1 aromatic heterocycles. The number of hydrogen-bond acceptors (Lipinski definition) is 5. The number of carbonyl (C=O) groups excluding carboxylic acids is 1. The van der Waals surface area contributed by atoms with E-state index in [2.05, 4.69) is 15.3 Å². The van der Waals surface area contributed by atoms with Crippen molar-refractivity contribution in [2.24, 2.45) is 0 Å². The molecule has 23 heavy (non-hydrogen) atoms. The highest BCUT2D eigenvalue weighted by molar-refractivity contribution is 5.92. The maximum absolute atomic E-state index is 12.2. The molecule has 0 aromatic carbocycles. The predicted octanol–water partition coefficient (Wildman–Crippen LogP) is 0.169. The number of carbonyl (C=O) groups is 1. The largest absolute Gasteiger partial charge is 0.381 e. The summed E-state index contributed by atoms with van der Waals surface area (Å²) in [6, 6.07) is 2.54. The fourth-order valence-electron chi connectivity index (χ4n) is 3.24. The second-order valence-electron chi connectivity index (χ2n) is 6.62. The Morgan fingerprint density at radius 1 is 1.39 bits per heavy atom. The van der Waals surface area contributed by atoms with Crippen LogP contribution in [0.3, 0.4) is 0 Å². The van der Waals surface area contributed by atoms with Gasteiger partial charge in [0.2, 0.25) is 0 Å². The Morgan fingerprint density at radius 3 is 2.91 bits per heavy atom. The second kappa shape index (κ2) is 7.42. The minimum absolute atomic E-state index is 0.0774. The van der Waals surface area contributed by atoms with Gasteiger partial charge in [-0.3, -0.25) is 14.4 Å². The van der Waals surface area contributed by atoms with Crippen LogP contribution in [0.4, 0.5) is 0 Å². The Labute approximate surface area is 137 Å². The number of hydrogen-bond donors (Lipinski definition) is 1. The molecule has 3 rings (SSSR count). The van der Waals surface area contributed by atoms with Gasteiger partial charge in [-0.15, -0.1) is 0 Å². The van der Waals surface area contributed by atoms with Crippen LogP contribution in [0.5, 0.6) is 0 Å². The molecule has 3 heterocycles. The molecule has 1 aromatic rings. The smallest absolute Gasteiger partial charge is 0.271 e. The Kier molecular flexibility index (Phi) is 5.30. The number of amides is 1. The van der Waals surface area contributed by atoms with E-state index < -0.39 is 0 Å². The lowest BCUT2D eigenvalue weighted by Crippen LogP contribution is -2.43. The monoisotopic (exact) mass is 321 g/mol. The highest BCUT2D eigenvalue weighted by Gasteiger charge is 2.27. The van der Waals surface area contributed by atoms with Crippen LogP contribution in [0.15, 0.2) is 6.07 Å². The van der Waals surface area contributed by atoms with E-state index in [1.165, 1.54) is 0 Å². The third-order valence-electron chi connectivity index (χ3n) is 4.61. The van der Waals surface area contributed by atoms with Gasteiger partial charge in [-0.1, -0.05) is 0 Å². The zero-order chi connectivity index (χ0) is 16.2. The zero-order valence-corrected chi connectivity index (χ0v) is 14.1. The van der Waals surface area contributed by atoms with E-state index in [1.54, 1.807) is 0 Å². The Balaban J connectivity index is 1.58. The number of nitrogens with zero attached hydrogens (tertiary/aromatic N) is 4. The number of aromatic nitrogens is 2. The highest BCUT2D eigenvalue weighted by atomic mass is 16.5. The van der Waals surface area contributed by atoms with Crippen LogP contribution in [0.2, 0.25) is 0 Å². The van der Waals surface area contributed by atoms with Crippen molar-refractivity contribution in [3.63, 3.8) is 0 Å². The number of ether oxygens (including phenoxy) is 1. The predicted molar refractivity (Wildman–Crippen MR) is 87.4 cm³/mol. The summed E-state index contributed by atoms with van der Waals surface area (Å²) >= 11 is 0. The van der Waals surface area contributed by atoms with E-state index in [1.807, 2.05) is 29.7 Å². The van der Waals surface area contributed by atoms with Crippen molar-refractivity contribution in [1.29, 1.82) is 0 Å². The van der Waals surface area contributed by atoms with Gasteiger partial charge in [0.25, 0.3) is 5.91 Å². The van der Waals surface area contributed by atoms with Crippen LogP contribution in [-0.4, -0.2) is 78.5 Å². The summed E-state index contributed by atoms with van der Waals surface area (Å²) in [6.45, 7) is 5.93. The van der Waals surface area contributed by atoms with Gasteiger partial charge in [-0.2, -0.15) is 5.10 Å². The summed E-state index contributed by atoms with van der Waals surface area (Å²) in [5.74, 6) is -0.0774. The summed E-state index contributed by atoms with van der Waals surface area (Å²) in [4.78, 5) is 16.7. The van der Waals surface area contributed by atoms with Gasteiger partial charge in [0.05, 0.1) is 12.2 Å². The Hall–Kier alpha value is -1.44. The van der Waals surface area contributed by atoms with Crippen molar-refractivity contribution in [3.05, 3.63) is 17.5 Å². The lowest BCUT2D eigenvalue weighted by atomic mass is 10.1. The zero-order valence-electron chi connectivity index (χ0n) is 14.1. The van der Waals surface area contributed by atoms with Gasteiger partial charge in [0.15, 0.2) is 0 Å². The summed E-state index contributed by atoms with van der Waals surface area (Å²) in [5, 5.41) is 7.40. The lowest BCUT2D eigenvalue weighted by Gasteiger charge is -2.36. The average molecular weight is 321 g/mol. The van der Waals surface area contributed by atoms with Crippen molar-refractivity contribution in [2.75, 3.05) is 46.9 Å². The molecule has 0 bridgehead atoms. The van der Waals surface area contributed by atoms with Crippen LogP contribution in [-0.2, 0) is 17.8 Å². The molecule has 7 heteroatoms. The molecule has 2 aliphatic heterocycles. The van der Waals surface area contributed by atoms with Crippen molar-refractivity contribution >= 4 is 5.91 Å². The molecule has 128 valence electrons. The third kappa shape index (κ3) is 4.10. The van der Waals surface area contributed by atoms with Crippen LogP contribution in [0, 0.1) is 0 Å². The van der Waals surface area contributed by atoms with Crippen LogP contribution in [0.25, 0.3) is 0 Å². The summed E-state index contributed by atoms with van der Waals surface area (Å²) in [5.41, 5.74) is 1.67. The van der Waals surface area contributed by atoms with Gasteiger partial charge < -0.3 is 15.0 Å². The third-order valence-corrected chi connectivity index (χ3v) is 4.61. The SMILES string of the molecule is CN(C)CCNC(=O)c1cc2n(n1)CCN(C1CCOCC1)C2. The fraction of sp³-hybridized carbons (Fsp3) is 0.750. The molecule has 1 amide bonds. The quantitative estimate of drug-likeness (QED) is 0.838. The van der Waals surface area contributed by atoms with E-state index in [9.17, 15) is 4.79 Å². The normalized spacial score (nSPS) is 19.8. The highest BCUT2D eigenvalue weighted by Crippen LogP contribution is 2.21. The molecule has 0 unspecified atom stereocenters. The van der Waals surface area contributed by atoms with Crippen molar-refractivity contribution in [2.45, 2.75) is 32.0 Å². The minimum Gasteiger partial charge on any atom is -0.381 e.